The zero-order valence-corrected chi connectivity index (χ0v) is 7.10. The first-order chi connectivity index (χ1) is 5.81. The maximum absolute atomic E-state index is 10.4. The Morgan fingerprint density at radius 3 is 3.08 bits per heavy atom. The van der Waals surface area contributed by atoms with E-state index in [0.717, 1.165) is 24.2 Å². The van der Waals surface area contributed by atoms with Crippen LogP contribution in [0.25, 0.3) is 5.03 Å². The molecular formula is C9H7ClO2. The van der Waals surface area contributed by atoms with Gasteiger partial charge in [0.05, 0.1) is 0 Å². The highest BCUT2D eigenvalue weighted by atomic mass is 35.5. The van der Waals surface area contributed by atoms with Gasteiger partial charge < -0.3 is 4.42 Å². The van der Waals surface area contributed by atoms with Crippen molar-refractivity contribution in [2.45, 2.75) is 12.8 Å². The van der Waals surface area contributed by atoms with Crippen molar-refractivity contribution in [3.63, 3.8) is 0 Å². The molecular weight excluding hydrogens is 176 g/mol. The van der Waals surface area contributed by atoms with Crippen molar-refractivity contribution in [2.75, 3.05) is 0 Å². The number of carbonyl (C=O) groups excluding carboxylic acids is 1. The Bertz CT molecular complexity index is 349. The van der Waals surface area contributed by atoms with Gasteiger partial charge in [0, 0.05) is 17.0 Å². The molecule has 1 heterocycles. The highest BCUT2D eigenvalue weighted by molar-refractivity contribution is 6.49. The zero-order chi connectivity index (χ0) is 8.55. The van der Waals surface area contributed by atoms with Crippen LogP contribution in [0.15, 0.2) is 16.6 Å². The van der Waals surface area contributed by atoms with E-state index in [1.807, 2.05) is 6.08 Å². The third kappa shape index (κ3) is 1.08. The van der Waals surface area contributed by atoms with Crippen molar-refractivity contribution in [3.8, 4) is 0 Å². The number of fused-ring (bicyclic) bond motifs is 1. The first-order valence-corrected chi connectivity index (χ1v) is 4.13. The lowest BCUT2D eigenvalue weighted by molar-refractivity contribution is 0.109. The summed E-state index contributed by atoms with van der Waals surface area (Å²) in [6.45, 7) is 0. The Morgan fingerprint density at radius 2 is 2.42 bits per heavy atom. The molecule has 1 aliphatic rings. The quantitative estimate of drug-likeness (QED) is 0.625. The van der Waals surface area contributed by atoms with Gasteiger partial charge in [0.25, 0.3) is 0 Å². The number of aldehydes is 1. The van der Waals surface area contributed by atoms with Gasteiger partial charge in [-0.2, -0.15) is 0 Å². The monoisotopic (exact) mass is 182 g/mol. The smallest absolute Gasteiger partial charge is 0.185 e. The van der Waals surface area contributed by atoms with Crippen molar-refractivity contribution in [3.05, 3.63) is 29.2 Å². The molecule has 0 fully saturated rings. The third-order valence-corrected chi connectivity index (χ3v) is 2.25. The van der Waals surface area contributed by atoms with Crippen LogP contribution in [0, 0.1) is 0 Å². The molecule has 62 valence electrons. The lowest BCUT2D eigenvalue weighted by Gasteiger charge is -2.04. The van der Waals surface area contributed by atoms with E-state index in [9.17, 15) is 4.79 Å². The molecule has 0 N–H and O–H groups in total. The SMILES string of the molecule is O=Cc1cc2c(o1)CCC=C2Cl. The summed E-state index contributed by atoms with van der Waals surface area (Å²) in [6.07, 6.45) is 4.35. The predicted molar refractivity (Wildman–Crippen MR) is 46.2 cm³/mol. The minimum atomic E-state index is 0.355. The second-order valence-corrected chi connectivity index (χ2v) is 3.10. The Labute approximate surface area is 74.8 Å². The normalized spacial score (nSPS) is 15.2. The lowest BCUT2D eigenvalue weighted by Crippen LogP contribution is -1.90. The Morgan fingerprint density at radius 1 is 1.58 bits per heavy atom. The molecule has 0 spiro atoms. The number of furan rings is 1. The summed E-state index contributed by atoms with van der Waals surface area (Å²) in [5, 5.41) is 0.688. The summed E-state index contributed by atoms with van der Waals surface area (Å²) < 4.78 is 5.23. The van der Waals surface area contributed by atoms with Gasteiger partial charge in [-0.3, -0.25) is 4.79 Å². The molecule has 3 heteroatoms. The van der Waals surface area contributed by atoms with Crippen LogP contribution in [0.2, 0.25) is 0 Å². The lowest BCUT2D eigenvalue weighted by atomic mass is 10.1. The molecule has 12 heavy (non-hydrogen) atoms. The number of halogens is 1. The van der Waals surface area contributed by atoms with E-state index in [1.54, 1.807) is 6.07 Å². The molecule has 0 unspecified atom stereocenters. The van der Waals surface area contributed by atoms with Gasteiger partial charge in [-0.05, 0) is 12.5 Å². The van der Waals surface area contributed by atoms with Crippen LogP contribution < -0.4 is 0 Å². The van der Waals surface area contributed by atoms with E-state index in [0.29, 0.717) is 17.1 Å². The zero-order valence-electron chi connectivity index (χ0n) is 6.34. The van der Waals surface area contributed by atoms with Crippen LogP contribution in [0.1, 0.15) is 28.3 Å². The van der Waals surface area contributed by atoms with Crippen LogP contribution in [0.4, 0.5) is 0 Å². The van der Waals surface area contributed by atoms with E-state index in [4.69, 9.17) is 16.0 Å². The Hall–Kier alpha value is -1.02. The summed E-state index contributed by atoms with van der Waals surface area (Å²) in [4.78, 5) is 10.4. The topological polar surface area (TPSA) is 30.2 Å². The highest BCUT2D eigenvalue weighted by Gasteiger charge is 2.16. The number of hydrogen-bond acceptors (Lipinski definition) is 2. The first kappa shape index (κ1) is 7.62. The fraction of sp³-hybridized carbons (Fsp3) is 0.222. The molecule has 2 nitrogen and oxygen atoms in total. The number of hydrogen-bond donors (Lipinski definition) is 0. The summed E-state index contributed by atoms with van der Waals surface area (Å²) in [5.74, 6) is 1.18. The first-order valence-electron chi connectivity index (χ1n) is 3.75. The summed E-state index contributed by atoms with van der Waals surface area (Å²) in [7, 11) is 0. The molecule has 0 saturated carbocycles. The maximum atomic E-state index is 10.4. The van der Waals surface area contributed by atoms with Gasteiger partial charge in [0.15, 0.2) is 12.0 Å². The van der Waals surface area contributed by atoms with Crippen LogP contribution >= 0.6 is 11.6 Å². The van der Waals surface area contributed by atoms with Crippen molar-refractivity contribution >= 4 is 22.9 Å². The number of aryl methyl sites for hydroxylation is 1. The van der Waals surface area contributed by atoms with Gasteiger partial charge in [-0.25, -0.2) is 0 Å². The molecule has 0 atom stereocenters. The van der Waals surface area contributed by atoms with Gasteiger partial charge in [0.1, 0.15) is 5.76 Å². The molecule has 1 aromatic heterocycles. The average molecular weight is 183 g/mol. The molecule has 1 aromatic rings. The minimum absolute atomic E-state index is 0.355. The predicted octanol–water partition coefficient (Wildman–Crippen LogP) is 2.62. The molecule has 0 radical (unpaired) electrons. The third-order valence-electron chi connectivity index (χ3n) is 1.90. The van der Waals surface area contributed by atoms with E-state index in [1.165, 1.54) is 0 Å². The van der Waals surface area contributed by atoms with Gasteiger partial charge in [0.2, 0.25) is 0 Å². The summed E-state index contributed by atoms with van der Waals surface area (Å²) in [5.41, 5.74) is 0.866. The minimum Gasteiger partial charge on any atom is -0.458 e. The molecule has 0 bridgehead atoms. The van der Waals surface area contributed by atoms with Crippen LogP contribution in [0.3, 0.4) is 0 Å². The van der Waals surface area contributed by atoms with E-state index < -0.39 is 0 Å². The fourth-order valence-electron chi connectivity index (χ4n) is 1.34. The standard InChI is InChI=1S/C9H7ClO2/c10-8-2-1-3-9-7(8)4-6(5-11)12-9/h2,4-5H,1,3H2. The van der Waals surface area contributed by atoms with E-state index >= 15 is 0 Å². The molecule has 1 aliphatic carbocycles. The maximum Gasteiger partial charge on any atom is 0.185 e. The highest BCUT2D eigenvalue weighted by Crippen LogP contribution is 2.31. The van der Waals surface area contributed by atoms with E-state index in [2.05, 4.69) is 0 Å². The number of carbonyl (C=O) groups is 1. The van der Waals surface area contributed by atoms with Crippen LogP contribution in [-0.2, 0) is 6.42 Å². The molecule has 0 aliphatic heterocycles. The second kappa shape index (κ2) is 2.79. The van der Waals surface area contributed by atoms with Crippen LogP contribution in [0.5, 0.6) is 0 Å². The summed E-state index contributed by atoms with van der Waals surface area (Å²) in [6, 6.07) is 1.68. The van der Waals surface area contributed by atoms with Crippen molar-refractivity contribution < 1.29 is 9.21 Å². The van der Waals surface area contributed by atoms with Crippen molar-refractivity contribution in [2.24, 2.45) is 0 Å². The number of allylic oxidation sites excluding steroid dienone is 1. The van der Waals surface area contributed by atoms with Crippen molar-refractivity contribution in [1.82, 2.24) is 0 Å². The number of rotatable bonds is 1. The van der Waals surface area contributed by atoms with Crippen LogP contribution in [-0.4, -0.2) is 6.29 Å². The summed E-state index contributed by atoms with van der Waals surface area (Å²) >= 11 is 5.90. The molecule has 0 amide bonds. The van der Waals surface area contributed by atoms with Gasteiger partial charge >= 0.3 is 0 Å². The van der Waals surface area contributed by atoms with Gasteiger partial charge in [-0.1, -0.05) is 17.7 Å². The Balaban J connectivity index is 2.53. The molecule has 2 rings (SSSR count). The Kier molecular flexibility index (Phi) is 1.77. The van der Waals surface area contributed by atoms with Crippen molar-refractivity contribution in [1.29, 1.82) is 0 Å². The average Bonchev–Trinajstić information content (AvgIpc) is 2.49. The molecule has 0 aromatic carbocycles. The van der Waals surface area contributed by atoms with Gasteiger partial charge in [-0.15, -0.1) is 0 Å². The fourth-order valence-corrected chi connectivity index (χ4v) is 1.60. The largest absolute Gasteiger partial charge is 0.458 e. The molecule has 0 saturated heterocycles. The second-order valence-electron chi connectivity index (χ2n) is 2.69. The van der Waals surface area contributed by atoms with E-state index in [-0.39, 0.29) is 0 Å².